The summed E-state index contributed by atoms with van der Waals surface area (Å²) in [6, 6.07) is 44.2. The maximum atomic E-state index is 13.1. The van der Waals surface area contributed by atoms with Crippen LogP contribution in [0.15, 0.2) is 158 Å². The quantitative estimate of drug-likeness (QED) is 0.108. The second-order valence-corrected chi connectivity index (χ2v) is 18.4. The van der Waals surface area contributed by atoms with Crippen LogP contribution in [0, 0.1) is 10.8 Å². The van der Waals surface area contributed by atoms with Crippen molar-refractivity contribution in [1.82, 2.24) is 19.9 Å². The van der Waals surface area contributed by atoms with Crippen LogP contribution in [0.5, 0.6) is 11.5 Å². The van der Waals surface area contributed by atoms with E-state index in [2.05, 4.69) is 107 Å². The van der Waals surface area contributed by atoms with Crippen LogP contribution < -0.4 is 15.4 Å². The number of aromatic amines is 2. The predicted molar refractivity (Wildman–Crippen MR) is 256 cm³/mol. The van der Waals surface area contributed by atoms with Gasteiger partial charge in [0.05, 0.1) is 33.9 Å². The Bertz CT molecular complexity index is 2680. The number of hydrogen-bond donors (Lipinski definition) is 4. The molecule has 320 valence electrons. The fraction of sp³-hybridized carbons (Fsp3) is 0.200. The van der Waals surface area contributed by atoms with Gasteiger partial charge in [0.25, 0.3) is 0 Å². The van der Waals surface area contributed by atoms with Gasteiger partial charge in [0.2, 0.25) is 0 Å². The van der Waals surface area contributed by atoms with Gasteiger partial charge >= 0.3 is 0 Å². The van der Waals surface area contributed by atoms with Gasteiger partial charge < -0.3 is 25.3 Å². The third kappa shape index (κ3) is 9.44. The molecule has 2 aliphatic rings. The number of benzene rings is 4. The second kappa shape index (κ2) is 17.7. The molecular weight excluding hydrogens is 793 g/mol. The summed E-state index contributed by atoms with van der Waals surface area (Å²) < 4.78 is 5.90. The SMILES string of the molecule is CC1(C)CC(=O)c2c([nH]c(-c3ccncc3)c2Nc2ccc(Cc3ccccc3)cc2)C1.CC1(C)CC(=O)c2c([nH]c(-c3ccncc3)c2Nc2ccc(Oc3ccccc3)cc2)C1. The van der Waals surface area contributed by atoms with Crippen LogP contribution in [0.4, 0.5) is 22.7 Å². The number of rotatable bonds is 10. The number of para-hydroxylation sites is 1. The number of Topliss-reactive ketones (excluding diaryl/α,β-unsaturated/α-hetero) is 2. The maximum absolute atomic E-state index is 13.1. The van der Waals surface area contributed by atoms with E-state index in [4.69, 9.17) is 4.74 Å². The number of aromatic nitrogens is 4. The molecule has 0 saturated carbocycles. The number of H-pyrrole nitrogens is 2. The Labute approximate surface area is 374 Å². The van der Waals surface area contributed by atoms with E-state index < -0.39 is 0 Å². The molecule has 8 aromatic rings. The van der Waals surface area contributed by atoms with Gasteiger partial charge in [-0.25, -0.2) is 0 Å². The van der Waals surface area contributed by atoms with E-state index in [1.807, 2.05) is 84.9 Å². The number of carbonyl (C=O) groups is 2. The summed E-state index contributed by atoms with van der Waals surface area (Å²) in [6.45, 7) is 8.58. The zero-order valence-electron chi connectivity index (χ0n) is 36.7. The Morgan fingerprint density at radius 1 is 0.500 bits per heavy atom. The minimum atomic E-state index is -0.0574. The van der Waals surface area contributed by atoms with Crippen LogP contribution >= 0.6 is 0 Å². The smallest absolute Gasteiger partial charge is 0.167 e. The molecule has 2 aliphatic carbocycles. The van der Waals surface area contributed by atoms with Crippen molar-refractivity contribution in [3.05, 3.63) is 192 Å². The van der Waals surface area contributed by atoms with Gasteiger partial charge in [-0.3, -0.25) is 19.6 Å². The molecule has 0 spiro atoms. The van der Waals surface area contributed by atoms with Crippen molar-refractivity contribution in [3.8, 4) is 34.0 Å². The molecule has 9 nitrogen and oxygen atoms in total. The van der Waals surface area contributed by atoms with E-state index in [0.717, 1.165) is 98.5 Å². The van der Waals surface area contributed by atoms with Gasteiger partial charge in [-0.05, 0) is 114 Å². The summed E-state index contributed by atoms with van der Waals surface area (Å²) in [7, 11) is 0. The molecule has 4 aromatic carbocycles. The summed E-state index contributed by atoms with van der Waals surface area (Å²) >= 11 is 0. The molecule has 0 unspecified atom stereocenters. The fourth-order valence-electron chi connectivity index (χ4n) is 8.89. The van der Waals surface area contributed by atoms with Crippen LogP contribution in [0.3, 0.4) is 0 Å². The molecule has 4 heterocycles. The van der Waals surface area contributed by atoms with E-state index in [-0.39, 0.29) is 22.4 Å². The number of hydrogen-bond acceptors (Lipinski definition) is 7. The zero-order valence-corrected chi connectivity index (χ0v) is 36.7. The van der Waals surface area contributed by atoms with E-state index in [1.165, 1.54) is 11.1 Å². The monoisotopic (exact) mass is 844 g/mol. The third-order valence-electron chi connectivity index (χ3n) is 11.8. The molecule has 4 aromatic heterocycles. The number of ether oxygens (including phenoxy) is 1. The van der Waals surface area contributed by atoms with Crippen LogP contribution in [0.1, 0.15) is 83.8 Å². The first-order valence-electron chi connectivity index (χ1n) is 21.8. The minimum Gasteiger partial charge on any atom is -0.457 e. The number of anilines is 4. The Morgan fingerprint density at radius 3 is 1.38 bits per heavy atom. The highest BCUT2D eigenvalue weighted by molar-refractivity contribution is 6.08. The fourth-order valence-corrected chi connectivity index (χ4v) is 8.89. The Morgan fingerprint density at radius 2 is 0.906 bits per heavy atom. The average Bonchev–Trinajstić information content (AvgIpc) is 3.83. The highest BCUT2D eigenvalue weighted by Crippen LogP contribution is 2.45. The largest absolute Gasteiger partial charge is 0.457 e. The number of fused-ring (bicyclic) bond motifs is 2. The molecule has 10 rings (SSSR count). The van der Waals surface area contributed by atoms with Crippen LogP contribution in [0.2, 0.25) is 0 Å². The van der Waals surface area contributed by atoms with Crippen LogP contribution in [0.25, 0.3) is 22.5 Å². The summed E-state index contributed by atoms with van der Waals surface area (Å²) in [5.74, 6) is 1.90. The lowest BCUT2D eigenvalue weighted by atomic mass is 9.76. The van der Waals surface area contributed by atoms with Crippen LogP contribution in [-0.2, 0) is 19.3 Å². The van der Waals surface area contributed by atoms with Gasteiger partial charge in [0, 0.05) is 71.5 Å². The Balaban J connectivity index is 0.000000162. The first kappa shape index (κ1) is 41.8. The summed E-state index contributed by atoms with van der Waals surface area (Å²) in [5.41, 5.74) is 13.4. The van der Waals surface area contributed by atoms with Crippen molar-refractivity contribution >= 4 is 34.3 Å². The molecule has 9 heteroatoms. The lowest BCUT2D eigenvalue weighted by Gasteiger charge is -2.28. The number of pyridine rings is 2. The number of ketones is 2. The van der Waals surface area contributed by atoms with Crippen LogP contribution in [-0.4, -0.2) is 31.5 Å². The third-order valence-corrected chi connectivity index (χ3v) is 11.8. The summed E-state index contributed by atoms with van der Waals surface area (Å²) in [5, 5.41) is 7.06. The van der Waals surface area contributed by atoms with Gasteiger partial charge in [-0.1, -0.05) is 88.4 Å². The standard InChI is InChI=1S/C28H27N3O.C27H25N3O2/c1-28(2)17-23-25(24(32)18-28)27(26(31-23)21-12-14-29-15-13-21)30-22-10-8-20(9-11-22)16-19-6-4-3-5-7-19;1-27(2)16-22-24(23(31)17-27)26(25(30-22)18-12-14-28-15-13-18)29-19-8-10-21(11-9-19)32-20-6-4-3-5-7-20/h3-15,30-31H,16-18H2,1-2H3;3-15,29-30H,16-17H2,1-2H3. The molecular formula is C55H52N6O3. The minimum absolute atomic E-state index is 0.0409. The first-order chi connectivity index (χ1) is 31.0. The molecule has 0 fully saturated rings. The Kier molecular flexibility index (Phi) is 11.6. The summed E-state index contributed by atoms with van der Waals surface area (Å²) in [4.78, 5) is 41.6. The van der Waals surface area contributed by atoms with Crippen molar-refractivity contribution in [2.24, 2.45) is 10.8 Å². The normalized spacial score (nSPS) is 14.7. The molecule has 0 bridgehead atoms. The zero-order chi connectivity index (χ0) is 44.3. The van der Waals surface area contributed by atoms with E-state index >= 15 is 0 Å². The molecule has 0 atom stereocenters. The number of nitrogens with zero attached hydrogens (tertiary/aromatic N) is 2. The lowest BCUT2D eigenvalue weighted by molar-refractivity contribution is 0.0903. The van der Waals surface area contributed by atoms with Gasteiger partial charge in [0.1, 0.15) is 11.5 Å². The highest BCUT2D eigenvalue weighted by Gasteiger charge is 2.37. The molecule has 64 heavy (non-hydrogen) atoms. The molecule has 0 radical (unpaired) electrons. The van der Waals surface area contributed by atoms with E-state index in [9.17, 15) is 9.59 Å². The number of nitrogens with one attached hydrogen (secondary N) is 4. The average molecular weight is 845 g/mol. The van der Waals surface area contributed by atoms with E-state index in [1.54, 1.807) is 24.8 Å². The predicted octanol–water partition coefficient (Wildman–Crippen LogP) is 13.3. The van der Waals surface area contributed by atoms with Crippen molar-refractivity contribution in [2.45, 2.75) is 59.8 Å². The highest BCUT2D eigenvalue weighted by atomic mass is 16.5. The maximum Gasteiger partial charge on any atom is 0.167 e. The Hall–Kier alpha value is -7.52. The second-order valence-electron chi connectivity index (χ2n) is 18.4. The van der Waals surface area contributed by atoms with Crippen molar-refractivity contribution in [2.75, 3.05) is 10.6 Å². The molecule has 0 saturated heterocycles. The molecule has 0 amide bonds. The first-order valence-corrected chi connectivity index (χ1v) is 21.8. The molecule has 4 N–H and O–H groups in total. The van der Waals surface area contributed by atoms with Gasteiger partial charge in [-0.2, -0.15) is 0 Å². The number of carbonyl (C=O) groups excluding carboxylic acids is 2. The van der Waals surface area contributed by atoms with Gasteiger partial charge in [-0.15, -0.1) is 0 Å². The summed E-state index contributed by atoms with van der Waals surface area (Å²) in [6.07, 6.45) is 10.8. The van der Waals surface area contributed by atoms with E-state index in [0.29, 0.717) is 12.8 Å². The van der Waals surface area contributed by atoms with Gasteiger partial charge in [0.15, 0.2) is 11.6 Å². The molecule has 0 aliphatic heterocycles. The van der Waals surface area contributed by atoms with Crippen molar-refractivity contribution < 1.29 is 14.3 Å². The lowest BCUT2D eigenvalue weighted by Crippen LogP contribution is -2.26. The topological polar surface area (TPSA) is 125 Å². The van der Waals surface area contributed by atoms with Crippen molar-refractivity contribution in [3.63, 3.8) is 0 Å². The van der Waals surface area contributed by atoms with Crippen molar-refractivity contribution in [1.29, 1.82) is 0 Å².